The smallest absolute Gasteiger partial charge is 0.293 e. The summed E-state index contributed by atoms with van der Waals surface area (Å²) in [5.41, 5.74) is 3.29. The number of hydrogen-bond acceptors (Lipinski definition) is 7. The molecular formula is C28H28N4O6S. The molecule has 2 aliphatic rings. The second kappa shape index (κ2) is 9.88. The van der Waals surface area contributed by atoms with Gasteiger partial charge in [0.25, 0.3) is 11.8 Å². The van der Waals surface area contributed by atoms with Gasteiger partial charge in [-0.15, -0.1) is 0 Å². The van der Waals surface area contributed by atoms with Crippen molar-refractivity contribution in [1.29, 1.82) is 0 Å². The number of sulfone groups is 1. The lowest BCUT2D eigenvalue weighted by molar-refractivity contribution is 0.0999. The highest BCUT2D eigenvalue weighted by Crippen LogP contribution is 2.34. The van der Waals surface area contributed by atoms with Crippen molar-refractivity contribution in [3.63, 3.8) is 0 Å². The van der Waals surface area contributed by atoms with Gasteiger partial charge in [-0.1, -0.05) is 12.1 Å². The zero-order valence-electron chi connectivity index (χ0n) is 21.4. The highest BCUT2D eigenvalue weighted by atomic mass is 32.2. The third kappa shape index (κ3) is 4.78. The molecule has 1 fully saturated rings. The number of methoxy groups -OCH3 is 1. The lowest BCUT2D eigenvalue weighted by Gasteiger charge is -2.17. The minimum atomic E-state index is -3.12. The zero-order valence-corrected chi connectivity index (χ0v) is 22.2. The zero-order chi connectivity index (χ0) is 27.1. The van der Waals surface area contributed by atoms with Crippen molar-refractivity contribution in [2.75, 3.05) is 29.2 Å². The van der Waals surface area contributed by atoms with Crippen LogP contribution in [0.1, 0.15) is 57.6 Å². The van der Waals surface area contributed by atoms with E-state index in [1.807, 2.05) is 0 Å². The Morgan fingerprint density at radius 2 is 1.79 bits per heavy atom. The average Bonchev–Trinajstić information content (AvgIpc) is 3.62. The van der Waals surface area contributed by atoms with E-state index in [1.54, 1.807) is 60.3 Å². The Bertz CT molecular complexity index is 1690. The number of carbonyl (C=O) groups is 2. The fourth-order valence-electron chi connectivity index (χ4n) is 5.44. The van der Waals surface area contributed by atoms with Crippen LogP contribution in [0, 0.1) is 0 Å². The summed E-state index contributed by atoms with van der Waals surface area (Å²) in [6.07, 6.45) is 3.80. The van der Waals surface area contributed by atoms with Crippen molar-refractivity contribution in [1.82, 2.24) is 9.78 Å². The van der Waals surface area contributed by atoms with Crippen LogP contribution in [0.2, 0.25) is 0 Å². The number of rotatable bonds is 6. The Morgan fingerprint density at radius 3 is 2.54 bits per heavy atom. The average molecular weight is 549 g/mol. The minimum Gasteiger partial charge on any atom is -0.497 e. The van der Waals surface area contributed by atoms with E-state index in [1.165, 1.54) is 0 Å². The molecule has 1 saturated heterocycles. The van der Waals surface area contributed by atoms with Crippen LogP contribution in [-0.4, -0.2) is 48.6 Å². The molecule has 39 heavy (non-hydrogen) atoms. The van der Waals surface area contributed by atoms with Crippen molar-refractivity contribution in [3.8, 4) is 5.75 Å². The van der Waals surface area contributed by atoms with Crippen molar-refractivity contribution in [2.45, 2.75) is 38.1 Å². The quantitative estimate of drug-likeness (QED) is 0.365. The van der Waals surface area contributed by atoms with Crippen LogP contribution in [0.5, 0.6) is 5.75 Å². The van der Waals surface area contributed by atoms with E-state index in [4.69, 9.17) is 9.15 Å². The van der Waals surface area contributed by atoms with Crippen LogP contribution in [0.3, 0.4) is 0 Å². The van der Waals surface area contributed by atoms with Gasteiger partial charge < -0.3 is 19.8 Å². The summed E-state index contributed by atoms with van der Waals surface area (Å²) in [5, 5.41) is 10.9. The molecule has 3 heterocycles. The number of ether oxygens (including phenoxy) is 1. The number of benzene rings is 2. The maximum Gasteiger partial charge on any atom is 0.293 e. The molecule has 0 spiro atoms. The van der Waals surface area contributed by atoms with Crippen LogP contribution >= 0.6 is 0 Å². The van der Waals surface area contributed by atoms with E-state index in [9.17, 15) is 18.0 Å². The van der Waals surface area contributed by atoms with Gasteiger partial charge in [0.2, 0.25) is 5.76 Å². The standard InChI is InChI=1S/C28H28N4O6S/c1-37-19-12-10-17(11-13-19)29-28(34)26-24(21-7-3-5-9-23(21)38-26)30-27(33)25-20-6-2-4-8-22(20)32(31-25)18-14-15-39(35,36)16-18/h3,5,7,9-13,18H,2,4,6,8,14-16H2,1H3,(H,29,34)(H,30,33). The van der Waals surface area contributed by atoms with Gasteiger partial charge in [-0.2, -0.15) is 5.10 Å². The number of hydrogen-bond donors (Lipinski definition) is 2. The van der Waals surface area contributed by atoms with Crippen molar-refractivity contribution in [3.05, 3.63) is 71.2 Å². The van der Waals surface area contributed by atoms with Crippen LogP contribution in [-0.2, 0) is 22.7 Å². The lowest BCUT2D eigenvalue weighted by atomic mass is 9.95. The van der Waals surface area contributed by atoms with Gasteiger partial charge in [-0.05, 0) is 68.5 Å². The summed E-state index contributed by atoms with van der Waals surface area (Å²) in [5.74, 6) is -0.197. The van der Waals surface area contributed by atoms with E-state index >= 15 is 0 Å². The van der Waals surface area contributed by atoms with E-state index in [2.05, 4.69) is 15.7 Å². The highest BCUT2D eigenvalue weighted by molar-refractivity contribution is 7.91. The Kier molecular flexibility index (Phi) is 6.38. The fourth-order valence-corrected chi connectivity index (χ4v) is 7.13. The van der Waals surface area contributed by atoms with Crippen molar-refractivity contribution in [2.24, 2.45) is 0 Å². The predicted octanol–water partition coefficient (Wildman–Crippen LogP) is 4.38. The van der Waals surface area contributed by atoms with Crippen LogP contribution in [0.15, 0.2) is 52.9 Å². The number of para-hydroxylation sites is 1. The summed E-state index contributed by atoms with van der Waals surface area (Å²) in [4.78, 5) is 27.0. The van der Waals surface area contributed by atoms with Gasteiger partial charge in [0.1, 0.15) is 17.0 Å². The number of nitrogens with zero attached hydrogens (tertiary/aromatic N) is 2. The molecule has 10 nitrogen and oxygen atoms in total. The molecule has 2 aromatic carbocycles. The molecule has 2 aromatic heterocycles. The topological polar surface area (TPSA) is 133 Å². The maximum atomic E-state index is 13.7. The number of aromatic nitrogens is 2. The molecule has 0 bridgehead atoms. The molecule has 2 amide bonds. The fraction of sp³-hybridized carbons (Fsp3) is 0.321. The maximum absolute atomic E-state index is 13.7. The second-order valence-corrected chi connectivity index (χ2v) is 12.2. The third-order valence-corrected chi connectivity index (χ3v) is 9.12. The summed E-state index contributed by atoms with van der Waals surface area (Å²) < 4.78 is 37.1. The van der Waals surface area contributed by atoms with Crippen LogP contribution in [0.25, 0.3) is 11.0 Å². The van der Waals surface area contributed by atoms with Gasteiger partial charge in [0, 0.05) is 22.3 Å². The largest absolute Gasteiger partial charge is 0.497 e. The van der Waals surface area contributed by atoms with E-state index in [0.29, 0.717) is 35.2 Å². The Morgan fingerprint density at radius 1 is 1.03 bits per heavy atom. The lowest BCUT2D eigenvalue weighted by Crippen LogP contribution is -2.19. The van der Waals surface area contributed by atoms with E-state index in [0.717, 1.165) is 30.5 Å². The first-order valence-corrected chi connectivity index (χ1v) is 14.7. The molecule has 0 saturated carbocycles. The summed E-state index contributed by atoms with van der Waals surface area (Å²) in [6, 6.07) is 13.7. The molecule has 2 N–H and O–H groups in total. The van der Waals surface area contributed by atoms with Crippen LogP contribution < -0.4 is 15.4 Å². The normalized spacial score (nSPS) is 18.0. The molecule has 1 aliphatic carbocycles. The first-order valence-electron chi connectivity index (χ1n) is 12.9. The number of carbonyl (C=O) groups excluding carboxylic acids is 2. The molecule has 1 unspecified atom stereocenters. The predicted molar refractivity (Wildman–Crippen MR) is 146 cm³/mol. The SMILES string of the molecule is COc1ccc(NC(=O)c2oc3ccccc3c2NC(=O)c2nn(C3CCS(=O)(=O)C3)c3c2CCCC3)cc1. The minimum absolute atomic E-state index is 0.0319. The highest BCUT2D eigenvalue weighted by Gasteiger charge is 2.35. The molecule has 0 radical (unpaired) electrons. The van der Waals surface area contributed by atoms with E-state index in [-0.39, 0.29) is 34.7 Å². The molecular weight excluding hydrogens is 520 g/mol. The summed E-state index contributed by atoms with van der Waals surface area (Å²) in [6.45, 7) is 0. The van der Waals surface area contributed by atoms with Gasteiger partial charge in [0.15, 0.2) is 15.5 Å². The first-order chi connectivity index (χ1) is 18.8. The van der Waals surface area contributed by atoms with Crippen molar-refractivity contribution < 1.29 is 27.2 Å². The number of anilines is 2. The van der Waals surface area contributed by atoms with E-state index < -0.39 is 21.7 Å². The second-order valence-electron chi connectivity index (χ2n) is 9.92. The monoisotopic (exact) mass is 548 g/mol. The molecule has 11 heteroatoms. The molecule has 6 rings (SSSR count). The molecule has 1 aliphatic heterocycles. The summed E-state index contributed by atoms with van der Waals surface area (Å²) >= 11 is 0. The van der Waals surface area contributed by atoms with Gasteiger partial charge in [0.05, 0.1) is 24.7 Å². The van der Waals surface area contributed by atoms with Crippen molar-refractivity contribution >= 4 is 44.0 Å². The van der Waals surface area contributed by atoms with Gasteiger partial charge >= 0.3 is 0 Å². The number of fused-ring (bicyclic) bond motifs is 2. The number of amides is 2. The number of nitrogens with one attached hydrogen (secondary N) is 2. The third-order valence-electron chi connectivity index (χ3n) is 7.37. The van der Waals surface area contributed by atoms with Gasteiger partial charge in [-0.3, -0.25) is 14.3 Å². The molecule has 4 aromatic rings. The first kappa shape index (κ1) is 25.2. The Balaban J connectivity index is 1.34. The van der Waals surface area contributed by atoms with Crippen LogP contribution in [0.4, 0.5) is 11.4 Å². The van der Waals surface area contributed by atoms with Gasteiger partial charge in [-0.25, -0.2) is 8.42 Å². The Labute approximate surface area is 225 Å². The number of furan rings is 1. The Hall–Kier alpha value is -4.12. The summed E-state index contributed by atoms with van der Waals surface area (Å²) in [7, 11) is -1.55. The molecule has 202 valence electrons. The molecule has 1 atom stereocenters.